The molecule has 144 valence electrons. The molecule has 0 bridgehead atoms. The van der Waals surface area contributed by atoms with Crippen molar-refractivity contribution < 1.29 is 44.0 Å². The molecule has 26 heavy (non-hydrogen) atoms. The largest absolute Gasteiger partial charge is 0.507 e. The monoisotopic (exact) mass is 427 g/mol. The molecule has 0 amide bonds. The standard InChI is InChI=1S/C12H13NO10S3/c14-12-9-2-1-8(13-6-25(18,19)20)3-7(9)4-11(26(21,22)23)10(12)5-24(15,16)17/h1-4,13-14H,5-6H2,(H,15,16,17)(H,18,19,20)(H,21,22,23). The first-order chi connectivity index (χ1) is 11.7. The van der Waals surface area contributed by atoms with Gasteiger partial charge >= 0.3 is 0 Å². The summed E-state index contributed by atoms with van der Waals surface area (Å²) in [6.45, 7) is 0. The molecule has 0 saturated carbocycles. The first-order valence-corrected chi connectivity index (χ1v) is 11.2. The molecule has 0 aromatic heterocycles. The van der Waals surface area contributed by atoms with Gasteiger partial charge in [-0.05, 0) is 29.7 Å². The second-order valence-corrected chi connectivity index (χ2v) is 9.54. The molecule has 2 aromatic carbocycles. The van der Waals surface area contributed by atoms with Gasteiger partial charge in [-0.2, -0.15) is 25.3 Å². The molecular weight excluding hydrogens is 414 g/mol. The van der Waals surface area contributed by atoms with E-state index in [4.69, 9.17) is 9.11 Å². The third kappa shape index (κ3) is 5.03. The fourth-order valence-electron chi connectivity index (χ4n) is 2.24. The van der Waals surface area contributed by atoms with Gasteiger partial charge in [-0.15, -0.1) is 0 Å². The molecule has 14 heteroatoms. The normalized spacial score (nSPS) is 13.0. The average molecular weight is 427 g/mol. The van der Waals surface area contributed by atoms with Crippen LogP contribution in [0.3, 0.4) is 0 Å². The van der Waals surface area contributed by atoms with Crippen LogP contribution in [0.4, 0.5) is 5.69 Å². The fourth-order valence-corrected chi connectivity index (χ4v) is 4.10. The summed E-state index contributed by atoms with van der Waals surface area (Å²) in [4.78, 5) is -0.938. The van der Waals surface area contributed by atoms with Crippen molar-refractivity contribution in [2.75, 3.05) is 11.2 Å². The number of hydrogen-bond acceptors (Lipinski definition) is 8. The number of hydrogen-bond donors (Lipinski definition) is 5. The van der Waals surface area contributed by atoms with Gasteiger partial charge in [0.1, 0.15) is 22.3 Å². The quantitative estimate of drug-likeness (QED) is 0.401. The number of anilines is 1. The molecule has 0 unspecified atom stereocenters. The van der Waals surface area contributed by atoms with Crippen molar-refractivity contribution in [2.45, 2.75) is 10.6 Å². The Balaban J connectivity index is 2.70. The number of rotatable bonds is 6. The molecule has 2 rings (SSSR count). The zero-order chi connectivity index (χ0) is 19.9. The van der Waals surface area contributed by atoms with Crippen LogP contribution >= 0.6 is 0 Å². The third-order valence-electron chi connectivity index (χ3n) is 3.24. The Bertz CT molecular complexity index is 1180. The van der Waals surface area contributed by atoms with E-state index in [-0.39, 0.29) is 16.5 Å². The van der Waals surface area contributed by atoms with Crippen LogP contribution in [0.2, 0.25) is 0 Å². The highest BCUT2D eigenvalue weighted by molar-refractivity contribution is 7.86. The molecule has 0 heterocycles. The summed E-state index contributed by atoms with van der Waals surface area (Å²) in [5.74, 6) is -2.89. The molecule has 0 aliphatic carbocycles. The van der Waals surface area contributed by atoms with E-state index in [1.165, 1.54) is 18.2 Å². The Morgan fingerprint density at radius 1 is 0.885 bits per heavy atom. The third-order valence-corrected chi connectivity index (χ3v) is 5.32. The highest BCUT2D eigenvalue weighted by Gasteiger charge is 2.25. The van der Waals surface area contributed by atoms with E-state index in [0.29, 0.717) is 0 Å². The molecule has 0 aliphatic heterocycles. The van der Waals surface area contributed by atoms with E-state index in [9.17, 15) is 34.9 Å². The number of aromatic hydroxyl groups is 1. The second-order valence-electron chi connectivity index (χ2n) is 5.24. The molecular formula is C12H13NO10S3. The van der Waals surface area contributed by atoms with E-state index < -0.39 is 58.2 Å². The minimum absolute atomic E-state index is 0.00884. The summed E-state index contributed by atoms with van der Waals surface area (Å²) in [6.07, 6.45) is 0. The number of fused-ring (bicyclic) bond motifs is 1. The first kappa shape index (κ1) is 20.3. The Morgan fingerprint density at radius 3 is 2.00 bits per heavy atom. The molecule has 0 radical (unpaired) electrons. The van der Waals surface area contributed by atoms with Gasteiger partial charge in [-0.3, -0.25) is 13.7 Å². The highest BCUT2D eigenvalue weighted by atomic mass is 32.2. The summed E-state index contributed by atoms with van der Waals surface area (Å²) in [6, 6.07) is 4.55. The summed E-state index contributed by atoms with van der Waals surface area (Å²) >= 11 is 0. The van der Waals surface area contributed by atoms with Crippen LogP contribution in [0, 0.1) is 0 Å². The molecule has 0 spiro atoms. The highest BCUT2D eigenvalue weighted by Crippen LogP contribution is 2.36. The Kier molecular flexibility index (Phi) is 5.19. The van der Waals surface area contributed by atoms with Crippen molar-refractivity contribution in [1.82, 2.24) is 0 Å². The molecule has 0 fully saturated rings. The molecule has 0 aliphatic rings. The van der Waals surface area contributed by atoms with Gasteiger partial charge in [0.25, 0.3) is 30.4 Å². The van der Waals surface area contributed by atoms with Gasteiger partial charge in [0, 0.05) is 16.6 Å². The van der Waals surface area contributed by atoms with Crippen molar-refractivity contribution in [1.29, 1.82) is 0 Å². The van der Waals surface area contributed by atoms with Crippen molar-refractivity contribution in [3.05, 3.63) is 29.8 Å². The van der Waals surface area contributed by atoms with E-state index in [1.54, 1.807) is 0 Å². The van der Waals surface area contributed by atoms with Crippen LogP contribution in [0.15, 0.2) is 29.2 Å². The molecule has 5 N–H and O–H groups in total. The molecule has 11 nitrogen and oxygen atoms in total. The SMILES string of the molecule is O=S(=O)(O)CNc1ccc2c(O)c(CS(=O)(=O)O)c(S(=O)(=O)O)cc2c1. The Hall–Kier alpha value is -1.97. The number of phenols is 1. The smallest absolute Gasteiger partial charge is 0.294 e. The summed E-state index contributed by atoms with van der Waals surface area (Å²) in [5, 5.41) is 12.5. The number of benzene rings is 2. The summed E-state index contributed by atoms with van der Waals surface area (Å²) < 4.78 is 93.6. The Labute approximate surface area is 148 Å². The lowest BCUT2D eigenvalue weighted by Gasteiger charge is -2.13. The topological polar surface area (TPSA) is 195 Å². The van der Waals surface area contributed by atoms with Gasteiger partial charge in [0.2, 0.25) is 0 Å². The predicted octanol–water partition coefficient (Wildman–Crippen LogP) is 0.437. The van der Waals surface area contributed by atoms with Crippen LogP contribution in [0.1, 0.15) is 5.56 Å². The number of nitrogens with one attached hydrogen (secondary N) is 1. The van der Waals surface area contributed by atoms with Gasteiger partial charge in [0.05, 0.1) is 0 Å². The summed E-state index contributed by atoms with van der Waals surface area (Å²) in [5.41, 5.74) is -0.598. The minimum atomic E-state index is -4.96. The zero-order valence-electron chi connectivity index (χ0n) is 12.7. The maximum absolute atomic E-state index is 11.5. The fraction of sp³-hybridized carbons (Fsp3) is 0.167. The van der Waals surface area contributed by atoms with E-state index in [2.05, 4.69) is 5.32 Å². The maximum atomic E-state index is 11.5. The summed E-state index contributed by atoms with van der Waals surface area (Å²) in [7, 11) is -14.0. The van der Waals surface area contributed by atoms with E-state index >= 15 is 0 Å². The molecule has 2 aromatic rings. The van der Waals surface area contributed by atoms with Gasteiger partial charge < -0.3 is 10.4 Å². The minimum Gasteiger partial charge on any atom is -0.507 e. The lowest BCUT2D eigenvalue weighted by Crippen LogP contribution is -2.13. The van der Waals surface area contributed by atoms with Crippen molar-refractivity contribution in [3.63, 3.8) is 0 Å². The second kappa shape index (κ2) is 6.64. The predicted molar refractivity (Wildman–Crippen MR) is 90.7 cm³/mol. The van der Waals surface area contributed by atoms with Crippen molar-refractivity contribution >= 4 is 46.8 Å². The lowest BCUT2D eigenvalue weighted by molar-refractivity contribution is 0.459. The maximum Gasteiger partial charge on any atom is 0.294 e. The molecule has 0 atom stereocenters. The lowest BCUT2D eigenvalue weighted by atomic mass is 10.1. The van der Waals surface area contributed by atoms with Crippen molar-refractivity contribution in [3.8, 4) is 5.75 Å². The van der Waals surface area contributed by atoms with Crippen molar-refractivity contribution in [2.24, 2.45) is 0 Å². The van der Waals surface area contributed by atoms with Crippen LogP contribution in [-0.2, 0) is 36.1 Å². The number of phenolic OH excluding ortho intramolecular Hbond substituents is 1. The van der Waals surface area contributed by atoms with Gasteiger partial charge in [0.15, 0.2) is 0 Å². The van der Waals surface area contributed by atoms with Crippen LogP contribution in [0.25, 0.3) is 10.8 Å². The average Bonchev–Trinajstić information content (AvgIpc) is 2.44. The van der Waals surface area contributed by atoms with Crippen LogP contribution in [0.5, 0.6) is 5.75 Å². The Morgan fingerprint density at radius 2 is 1.50 bits per heavy atom. The van der Waals surface area contributed by atoms with E-state index in [1.807, 2.05) is 0 Å². The van der Waals surface area contributed by atoms with Crippen LogP contribution < -0.4 is 5.32 Å². The van der Waals surface area contributed by atoms with Gasteiger partial charge in [-0.25, -0.2) is 0 Å². The molecule has 0 saturated heterocycles. The van der Waals surface area contributed by atoms with Crippen LogP contribution in [-0.4, -0.2) is 49.9 Å². The van der Waals surface area contributed by atoms with E-state index in [0.717, 1.165) is 6.07 Å². The van der Waals surface area contributed by atoms with Gasteiger partial charge in [-0.1, -0.05) is 0 Å². The first-order valence-electron chi connectivity index (χ1n) is 6.58. The zero-order valence-corrected chi connectivity index (χ0v) is 15.1.